The van der Waals surface area contributed by atoms with E-state index in [1.807, 2.05) is 6.92 Å². The summed E-state index contributed by atoms with van der Waals surface area (Å²) in [6.07, 6.45) is 6.68. The molecule has 0 amide bonds. The molecule has 4 heteroatoms. The molecule has 2 fully saturated rings. The van der Waals surface area contributed by atoms with Gasteiger partial charge in [0.05, 0.1) is 0 Å². The van der Waals surface area contributed by atoms with Gasteiger partial charge in [-0.3, -0.25) is 4.90 Å². The number of carboxylic acids is 1. The van der Waals surface area contributed by atoms with Crippen molar-refractivity contribution >= 4 is 5.97 Å². The molecule has 0 radical (unpaired) electrons. The first-order chi connectivity index (χ1) is 9.15. The van der Waals surface area contributed by atoms with Gasteiger partial charge in [-0.15, -0.1) is 0 Å². The Bertz CT molecular complexity index is 480. The monoisotopic (exact) mass is 263 g/mol. The SMILES string of the molecule is Cc1oc(C(=O)O)cc1CN1CCC2CCCCC21. The van der Waals surface area contributed by atoms with E-state index < -0.39 is 5.97 Å². The van der Waals surface area contributed by atoms with Crippen LogP contribution in [0.15, 0.2) is 10.5 Å². The lowest BCUT2D eigenvalue weighted by Gasteiger charge is -2.31. The third kappa shape index (κ3) is 2.41. The van der Waals surface area contributed by atoms with E-state index in [1.54, 1.807) is 6.07 Å². The molecule has 2 heterocycles. The summed E-state index contributed by atoms with van der Waals surface area (Å²) in [5, 5.41) is 8.96. The molecule has 1 aromatic rings. The molecule has 2 aliphatic rings. The van der Waals surface area contributed by atoms with Gasteiger partial charge in [0.2, 0.25) is 5.76 Å². The smallest absolute Gasteiger partial charge is 0.371 e. The fraction of sp³-hybridized carbons (Fsp3) is 0.667. The number of hydrogen-bond acceptors (Lipinski definition) is 3. The second-order valence-corrected chi connectivity index (χ2v) is 5.87. The van der Waals surface area contributed by atoms with Gasteiger partial charge in [-0.1, -0.05) is 12.8 Å². The Morgan fingerprint density at radius 3 is 2.95 bits per heavy atom. The van der Waals surface area contributed by atoms with E-state index in [-0.39, 0.29) is 5.76 Å². The van der Waals surface area contributed by atoms with Crippen LogP contribution < -0.4 is 0 Å². The number of carbonyl (C=O) groups is 1. The van der Waals surface area contributed by atoms with Crippen molar-refractivity contribution in [3.8, 4) is 0 Å². The van der Waals surface area contributed by atoms with Crippen molar-refractivity contribution in [2.45, 2.75) is 51.6 Å². The summed E-state index contributed by atoms with van der Waals surface area (Å²) in [6.45, 7) is 3.84. The second-order valence-electron chi connectivity index (χ2n) is 5.87. The van der Waals surface area contributed by atoms with Gasteiger partial charge >= 0.3 is 5.97 Å². The van der Waals surface area contributed by atoms with Gasteiger partial charge in [-0.2, -0.15) is 0 Å². The lowest BCUT2D eigenvalue weighted by atomic mass is 9.85. The Labute approximate surface area is 113 Å². The number of nitrogens with zero attached hydrogens (tertiary/aromatic N) is 1. The van der Waals surface area contributed by atoms with Gasteiger partial charge in [-0.25, -0.2) is 4.79 Å². The molecular weight excluding hydrogens is 242 g/mol. The van der Waals surface area contributed by atoms with Gasteiger partial charge in [0.1, 0.15) is 5.76 Å². The maximum Gasteiger partial charge on any atom is 0.371 e. The topological polar surface area (TPSA) is 53.7 Å². The average molecular weight is 263 g/mol. The summed E-state index contributed by atoms with van der Waals surface area (Å²) in [7, 11) is 0. The molecule has 0 spiro atoms. The Balaban J connectivity index is 1.73. The van der Waals surface area contributed by atoms with Crippen LogP contribution in [-0.2, 0) is 6.54 Å². The molecule has 2 unspecified atom stereocenters. The molecule has 1 aromatic heterocycles. The number of aromatic carboxylic acids is 1. The fourth-order valence-electron chi connectivity index (χ4n) is 3.70. The van der Waals surface area contributed by atoms with E-state index in [9.17, 15) is 4.79 Å². The molecule has 4 nitrogen and oxygen atoms in total. The molecule has 19 heavy (non-hydrogen) atoms. The van der Waals surface area contributed by atoms with Crippen LogP contribution in [0.1, 0.15) is 54.0 Å². The summed E-state index contributed by atoms with van der Waals surface area (Å²) in [5.74, 6) is 0.690. The number of likely N-dealkylation sites (tertiary alicyclic amines) is 1. The van der Waals surface area contributed by atoms with Crippen LogP contribution in [0.4, 0.5) is 0 Å². The van der Waals surface area contributed by atoms with Crippen molar-refractivity contribution in [2.75, 3.05) is 6.54 Å². The third-order valence-corrected chi connectivity index (χ3v) is 4.73. The van der Waals surface area contributed by atoms with Crippen molar-refractivity contribution in [2.24, 2.45) is 5.92 Å². The zero-order valence-electron chi connectivity index (χ0n) is 11.4. The lowest BCUT2D eigenvalue weighted by molar-refractivity contribution is 0.0661. The average Bonchev–Trinajstić information content (AvgIpc) is 2.96. The highest BCUT2D eigenvalue weighted by atomic mass is 16.4. The first-order valence-electron chi connectivity index (χ1n) is 7.22. The van der Waals surface area contributed by atoms with Crippen molar-refractivity contribution in [1.82, 2.24) is 4.90 Å². The van der Waals surface area contributed by atoms with Crippen LogP contribution in [0, 0.1) is 12.8 Å². The number of rotatable bonds is 3. The molecule has 0 bridgehead atoms. The van der Waals surface area contributed by atoms with Gasteiger partial charge in [0.15, 0.2) is 0 Å². The predicted octanol–water partition coefficient (Wildman–Crippen LogP) is 3.05. The van der Waals surface area contributed by atoms with E-state index in [2.05, 4.69) is 4.90 Å². The van der Waals surface area contributed by atoms with E-state index in [0.717, 1.165) is 30.3 Å². The number of aryl methyl sites for hydroxylation is 1. The van der Waals surface area contributed by atoms with Gasteiger partial charge in [0.25, 0.3) is 0 Å². The summed E-state index contributed by atoms with van der Waals surface area (Å²) < 4.78 is 5.30. The van der Waals surface area contributed by atoms with Crippen molar-refractivity contribution in [3.63, 3.8) is 0 Å². The number of fused-ring (bicyclic) bond motifs is 1. The maximum absolute atomic E-state index is 10.9. The molecule has 1 saturated carbocycles. The fourth-order valence-corrected chi connectivity index (χ4v) is 3.70. The maximum atomic E-state index is 10.9. The van der Waals surface area contributed by atoms with E-state index in [1.165, 1.54) is 32.1 Å². The summed E-state index contributed by atoms with van der Waals surface area (Å²) in [5.41, 5.74) is 1.03. The van der Waals surface area contributed by atoms with E-state index >= 15 is 0 Å². The minimum atomic E-state index is -0.980. The molecule has 104 valence electrons. The van der Waals surface area contributed by atoms with Crippen molar-refractivity contribution < 1.29 is 14.3 Å². The Hall–Kier alpha value is -1.29. The van der Waals surface area contributed by atoms with Crippen LogP contribution in [0.25, 0.3) is 0 Å². The first-order valence-corrected chi connectivity index (χ1v) is 7.22. The van der Waals surface area contributed by atoms with Crippen molar-refractivity contribution in [3.05, 3.63) is 23.2 Å². The molecule has 1 aliphatic carbocycles. The number of carboxylic acid groups (broad SMARTS) is 1. The van der Waals surface area contributed by atoms with E-state index in [4.69, 9.17) is 9.52 Å². The molecule has 2 atom stereocenters. The summed E-state index contributed by atoms with van der Waals surface area (Å²) >= 11 is 0. The van der Waals surface area contributed by atoms with Crippen LogP contribution in [-0.4, -0.2) is 28.6 Å². The molecular formula is C15H21NO3. The lowest BCUT2D eigenvalue weighted by Crippen LogP contribution is -2.34. The quantitative estimate of drug-likeness (QED) is 0.910. The van der Waals surface area contributed by atoms with E-state index in [0.29, 0.717) is 6.04 Å². The number of hydrogen-bond donors (Lipinski definition) is 1. The Morgan fingerprint density at radius 2 is 2.21 bits per heavy atom. The van der Waals surface area contributed by atoms with Gasteiger partial charge in [-0.05, 0) is 44.7 Å². The summed E-state index contributed by atoms with van der Waals surface area (Å²) in [6, 6.07) is 2.39. The highest BCUT2D eigenvalue weighted by Gasteiger charge is 2.35. The molecule has 0 aromatic carbocycles. The van der Waals surface area contributed by atoms with Gasteiger partial charge < -0.3 is 9.52 Å². The minimum absolute atomic E-state index is 0.0619. The van der Waals surface area contributed by atoms with Crippen LogP contribution in [0.2, 0.25) is 0 Å². The van der Waals surface area contributed by atoms with Crippen LogP contribution in [0.5, 0.6) is 0 Å². The standard InChI is InChI=1S/C15H21NO3/c1-10-12(8-14(19-10)15(17)18)9-16-7-6-11-4-2-3-5-13(11)16/h8,11,13H,2-7,9H2,1H3,(H,17,18). The Kier molecular flexibility index (Phi) is 3.35. The highest BCUT2D eigenvalue weighted by Crippen LogP contribution is 2.37. The predicted molar refractivity (Wildman–Crippen MR) is 71.2 cm³/mol. The Morgan fingerprint density at radius 1 is 1.42 bits per heavy atom. The molecule has 1 N–H and O–H groups in total. The molecule has 1 aliphatic heterocycles. The largest absolute Gasteiger partial charge is 0.475 e. The molecule has 3 rings (SSSR count). The third-order valence-electron chi connectivity index (χ3n) is 4.73. The summed E-state index contributed by atoms with van der Waals surface area (Å²) in [4.78, 5) is 13.4. The second kappa shape index (κ2) is 5.00. The van der Waals surface area contributed by atoms with Crippen LogP contribution >= 0.6 is 0 Å². The van der Waals surface area contributed by atoms with Gasteiger partial charge in [0, 0.05) is 18.2 Å². The minimum Gasteiger partial charge on any atom is -0.475 e. The highest BCUT2D eigenvalue weighted by molar-refractivity contribution is 5.84. The normalized spacial score (nSPS) is 27.4. The first kappa shape index (κ1) is 12.7. The van der Waals surface area contributed by atoms with Crippen LogP contribution in [0.3, 0.4) is 0 Å². The molecule has 1 saturated heterocycles. The number of furan rings is 1. The van der Waals surface area contributed by atoms with Crippen molar-refractivity contribution in [1.29, 1.82) is 0 Å². The zero-order valence-corrected chi connectivity index (χ0v) is 11.4. The zero-order chi connectivity index (χ0) is 13.4.